The van der Waals surface area contributed by atoms with E-state index in [-0.39, 0.29) is 11.4 Å². The molecule has 2 N–H and O–H groups in total. The second kappa shape index (κ2) is 10.7. The van der Waals surface area contributed by atoms with Crippen LogP contribution < -0.4 is 10.0 Å². The van der Waals surface area contributed by atoms with Gasteiger partial charge in [0.2, 0.25) is 10.0 Å². The lowest BCUT2D eigenvalue weighted by Crippen LogP contribution is -2.22. The summed E-state index contributed by atoms with van der Waals surface area (Å²) in [5, 5.41) is 2.47. The van der Waals surface area contributed by atoms with Gasteiger partial charge in [0.1, 0.15) is 11.6 Å². The van der Waals surface area contributed by atoms with Gasteiger partial charge < -0.3 is 14.5 Å². The van der Waals surface area contributed by atoms with Crippen LogP contribution in [-0.2, 0) is 30.9 Å². The minimum absolute atomic E-state index is 0.0230. The molecule has 1 amide bonds. The van der Waals surface area contributed by atoms with Crippen LogP contribution in [0.5, 0.6) is 0 Å². The molecule has 0 bridgehead atoms. The summed E-state index contributed by atoms with van der Waals surface area (Å²) in [4.78, 5) is 23.8. The molecule has 0 saturated carbocycles. The fraction of sp³-hybridized carbons (Fsp3) is 0.130. The van der Waals surface area contributed by atoms with Crippen LogP contribution in [0.4, 0.5) is 10.1 Å². The van der Waals surface area contributed by atoms with Gasteiger partial charge in [0, 0.05) is 11.8 Å². The first kappa shape index (κ1) is 23.9. The molecule has 0 saturated heterocycles. The van der Waals surface area contributed by atoms with Crippen molar-refractivity contribution in [3.63, 3.8) is 0 Å². The van der Waals surface area contributed by atoms with Crippen LogP contribution in [0, 0.1) is 12.7 Å². The number of halogens is 1. The minimum atomic E-state index is -3.73. The molecule has 0 aliphatic heterocycles. The number of carbonyl (C=O) groups excluding carboxylic acids is 2. The Morgan fingerprint density at radius 2 is 1.88 bits per heavy atom. The second-order valence-corrected chi connectivity index (χ2v) is 8.69. The van der Waals surface area contributed by atoms with E-state index in [0.717, 1.165) is 6.08 Å². The number of hydrogen-bond acceptors (Lipinski definition) is 6. The van der Waals surface area contributed by atoms with Crippen LogP contribution in [0.25, 0.3) is 6.08 Å². The van der Waals surface area contributed by atoms with Gasteiger partial charge in [-0.1, -0.05) is 18.2 Å². The molecule has 0 atom stereocenters. The summed E-state index contributed by atoms with van der Waals surface area (Å²) in [6, 6.07) is 13.1. The maximum absolute atomic E-state index is 13.3. The number of rotatable bonds is 9. The van der Waals surface area contributed by atoms with E-state index >= 15 is 0 Å². The zero-order valence-electron chi connectivity index (χ0n) is 17.6. The Hall–Kier alpha value is -3.76. The smallest absolute Gasteiger partial charge is 0.331 e. The third-order valence-corrected chi connectivity index (χ3v) is 5.86. The van der Waals surface area contributed by atoms with Gasteiger partial charge >= 0.3 is 5.97 Å². The highest BCUT2D eigenvalue weighted by molar-refractivity contribution is 7.89. The Labute approximate surface area is 190 Å². The van der Waals surface area contributed by atoms with Crippen molar-refractivity contribution in [3.05, 3.63) is 89.6 Å². The summed E-state index contributed by atoms with van der Waals surface area (Å²) >= 11 is 0. The van der Waals surface area contributed by atoms with Crippen molar-refractivity contribution in [2.24, 2.45) is 0 Å². The van der Waals surface area contributed by atoms with Gasteiger partial charge in [-0.25, -0.2) is 22.3 Å². The predicted octanol–water partition coefficient (Wildman–Crippen LogP) is 3.40. The highest BCUT2D eigenvalue weighted by Gasteiger charge is 2.14. The van der Waals surface area contributed by atoms with E-state index in [1.54, 1.807) is 19.1 Å². The number of hydrogen-bond donors (Lipinski definition) is 2. The van der Waals surface area contributed by atoms with E-state index in [1.807, 2.05) is 0 Å². The van der Waals surface area contributed by atoms with Crippen molar-refractivity contribution in [2.75, 3.05) is 11.9 Å². The second-order valence-electron chi connectivity index (χ2n) is 6.92. The molecule has 8 nitrogen and oxygen atoms in total. The van der Waals surface area contributed by atoms with Gasteiger partial charge in [0.15, 0.2) is 6.61 Å². The van der Waals surface area contributed by atoms with E-state index in [2.05, 4.69) is 10.0 Å². The summed E-state index contributed by atoms with van der Waals surface area (Å²) in [6.07, 6.45) is 3.98. The number of sulfonamides is 1. The molecule has 172 valence electrons. The number of benzene rings is 2. The number of furan rings is 1. The average Bonchev–Trinajstić information content (AvgIpc) is 3.31. The standard InChI is InChI=1S/C23H21FN2O6S/c1-16-4-8-18(24)13-21(16)26-22(27)15-32-23(28)11-7-17-5-9-20(10-6-17)33(29,30)25-14-19-3-2-12-31-19/h2-13,25H,14-15H2,1H3,(H,26,27)/b11-7+. The molecule has 0 aliphatic rings. The molecular formula is C23H21FN2O6S. The van der Waals surface area contributed by atoms with E-state index < -0.39 is 34.3 Å². The van der Waals surface area contributed by atoms with Gasteiger partial charge in [0.05, 0.1) is 17.7 Å². The topological polar surface area (TPSA) is 115 Å². The highest BCUT2D eigenvalue weighted by atomic mass is 32.2. The van der Waals surface area contributed by atoms with E-state index in [4.69, 9.17) is 9.15 Å². The number of anilines is 1. The molecule has 3 rings (SSSR count). The van der Waals surface area contributed by atoms with Crippen molar-refractivity contribution >= 4 is 33.7 Å². The molecule has 0 spiro atoms. The Balaban J connectivity index is 1.49. The number of aryl methyl sites for hydroxylation is 1. The number of nitrogens with one attached hydrogen (secondary N) is 2. The molecule has 2 aromatic carbocycles. The first-order valence-electron chi connectivity index (χ1n) is 9.76. The molecule has 0 fully saturated rings. The zero-order chi connectivity index (χ0) is 23.8. The zero-order valence-corrected chi connectivity index (χ0v) is 18.4. The average molecular weight is 472 g/mol. The number of carbonyl (C=O) groups is 2. The van der Waals surface area contributed by atoms with Gasteiger partial charge in [-0.15, -0.1) is 0 Å². The third kappa shape index (κ3) is 7.13. The van der Waals surface area contributed by atoms with Gasteiger partial charge in [-0.05, 0) is 60.5 Å². The van der Waals surface area contributed by atoms with Gasteiger partial charge in [-0.3, -0.25) is 4.79 Å². The molecule has 0 aliphatic carbocycles. The van der Waals surface area contributed by atoms with Crippen LogP contribution >= 0.6 is 0 Å². The summed E-state index contributed by atoms with van der Waals surface area (Å²) in [7, 11) is -3.73. The van der Waals surface area contributed by atoms with Crippen molar-refractivity contribution in [1.29, 1.82) is 0 Å². The molecule has 1 aromatic heterocycles. The number of ether oxygens (including phenoxy) is 1. The monoisotopic (exact) mass is 472 g/mol. The van der Waals surface area contributed by atoms with E-state index in [1.165, 1.54) is 54.8 Å². The molecular weight excluding hydrogens is 451 g/mol. The van der Waals surface area contributed by atoms with Crippen LogP contribution in [0.1, 0.15) is 16.9 Å². The maximum atomic E-state index is 13.3. The summed E-state index contributed by atoms with van der Waals surface area (Å²) in [5.41, 5.74) is 1.51. The first-order chi connectivity index (χ1) is 15.7. The highest BCUT2D eigenvalue weighted by Crippen LogP contribution is 2.16. The van der Waals surface area contributed by atoms with Gasteiger partial charge in [0.25, 0.3) is 5.91 Å². The fourth-order valence-corrected chi connectivity index (χ4v) is 3.68. The van der Waals surface area contributed by atoms with E-state index in [9.17, 15) is 22.4 Å². The lowest BCUT2D eigenvalue weighted by Gasteiger charge is -2.08. The Kier molecular flexibility index (Phi) is 7.75. The SMILES string of the molecule is Cc1ccc(F)cc1NC(=O)COC(=O)/C=C/c1ccc(S(=O)(=O)NCc2ccco2)cc1. The van der Waals surface area contributed by atoms with Crippen molar-refractivity contribution in [2.45, 2.75) is 18.4 Å². The Bertz CT molecular complexity index is 1250. The Morgan fingerprint density at radius 1 is 1.12 bits per heavy atom. The van der Waals surface area contributed by atoms with Gasteiger partial charge in [-0.2, -0.15) is 0 Å². The molecule has 1 heterocycles. The Morgan fingerprint density at radius 3 is 2.58 bits per heavy atom. The maximum Gasteiger partial charge on any atom is 0.331 e. The van der Waals surface area contributed by atoms with Crippen LogP contribution in [0.15, 0.2) is 76.2 Å². The van der Waals surface area contributed by atoms with Crippen LogP contribution in [-0.4, -0.2) is 26.9 Å². The molecule has 3 aromatic rings. The summed E-state index contributed by atoms with van der Waals surface area (Å²) in [6.45, 7) is 1.18. The van der Waals surface area contributed by atoms with Crippen LogP contribution in [0.2, 0.25) is 0 Å². The normalized spacial score (nSPS) is 11.5. The van der Waals surface area contributed by atoms with Crippen molar-refractivity contribution < 1.29 is 31.6 Å². The van der Waals surface area contributed by atoms with Crippen LogP contribution in [0.3, 0.4) is 0 Å². The third-order valence-electron chi connectivity index (χ3n) is 4.44. The largest absolute Gasteiger partial charge is 0.468 e. The first-order valence-corrected chi connectivity index (χ1v) is 11.2. The predicted molar refractivity (Wildman–Crippen MR) is 119 cm³/mol. The summed E-state index contributed by atoms with van der Waals surface area (Å²) < 4.78 is 50.3. The molecule has 10 heteroatoms. The minimum Gasteiger partial charge on any atom is -0.468 e. The van der Waals surface area contributed by atoms with E-state index in [0.29, 0.717) is 22.6 Å². The lowest BCUT2D eigenvalue weighted by atomic mass is 10.2. The fourth-order valence-electron chi connectivity index (χ4n) is 2.68. The van der Waals surface area contributed by atoms with Crippen molar-refractivity contribution in [1.82, 2.24) is 4.72 Å². The van der Waals surface area contributed by atoms with Crippen molar-refractivity contribution in [3.8, 4) is 0 Å². The molecule has 0 unspecified atom stereocenters. The quantitative estimate of drug-likeness (QED) is 0.364. The number of esters is 1. The molecule has 33 heavy (non-hydrogen) atoms. The summed E-state index contributed by atoms with van der Waals surface area (Å²) in [5.74, 6) is -1.39. The lowest BCUT2D eigenvalue weighted by molar-refractivity contribution is -0.142. The number of amides is 1. The molecule has 0 radical (unpaired) electrons.